The minimum absolute atomic E-state index is 0.440. The SMILES string of the molecule is CCc1nc(C(C)S(C)(=O)=O)nc2c1CNCC2. The summed E-state index contributed by atoms with van der Waals surface area (Å²) >= 11 is 0. The zero-order chi connectivity index (χ0) is 13.3. The standard InChI is InChI=1S/C12H19N3O2S/c1-4-10-9-7-13-6-5-11(9)15-12(14-10)8(2)18(3,16)17/h8,13H,4-7H2,1-3H3. The van der Waals surface area contributed by atoms with Gasteiger partial charge in [0.1, 0.15) is 11.1 Å². The van der Waals surface area contributed by atoms with Crippen LogP contribution in [0.2, 0.25) is 0 Å². The molecule has 1 aromatic rings. The van der Waals surface area contributed by atoms with Crippen molar-refractivity contribution in [2.45, 2.75) is 38.5 Å². The van der Waals surface area contributed by atoms with Gasteiger partial charge in [0, 0.05) is 37.0 Å². The molecule has 6 heteroatoms. The predicted octanol–water partition coefficient (Wildman–Crippen LogP) is 0.790. The van der Waals surface area contributed by atoms with E-state index in [0.717, 1.165) is 42.9 Å². The van der Waals surface area contributed by atoms with Crippen LogP contribution in [0.4, 0.5) is 0 Å². The molecule has 1 unspecified atom stereocenters. The first-order valence-corrected chi connectivity index (χ1v) is 8.17. The molecule has 0 amide bonds. The maximum atomic E-state index is 11.6. The van der Waals surface area contributed by atoms with Crippen molar-refractivity contribution >= 4 is 9.84 Å². The van der Waals surface area contributed by atoms with Crippen LogP contribution in [0, 0.1) is 0 Å². The van der Waals surface area contributed by atoms with Crippen molar-refractivity contribution in [1.82, 2.24) is 15.3 Å². The zero-order valence-electron chi connectivity index (χ0n) is 11.0. The largest absolute Gasteiger partial charge is 0.312 e. The average Bonchev–Trinajstić information content (AvgIpc) is 2.35. The van der Waals surface area contributed by atoms with Gasteiger partial charge in [-0.1, -0.05) is 6.92 Å². The molecule has 1 N–H and O–H groups in total. The summed E-state index contributed by atoms with van der Waals surface area (Å²) in [6.45, 7) is 5.36. The van der Waals surface area contributed by atoms with E-state index < -0.39 is 15.1 Å². The molecule has 18 heavy (non-hydrogen) atoms. The number of nitrogens with zero attached hydrogens (tertiary/aromatic N) is 2. The lowest BCUT2D eigenvalue weighted by Crippen LogP contribution is -2.28. The van der Waals surface area contributed by atoms with Crippen molar-refractivity contribution in [1.29, 1.82) is 0 Å². The first kappa shape index (κ1) is 13.4. The topological polar surface area (TPSA) is 72.0 Å². The Balaban J connectivity index is 2.51. The zero-order valence-corrected chi connectivity index (χ0v) is 11.8. The van der Waals surface area contributed by atoms with Gasteiger partial charge in [0.25, 0.3) is 0 Å². The maximum absolute atomic E-state index is 11.6. The van der Waals surface area contributed by atoms with E-state index in [-0.39, 0.29) is 0 Å². The monoisotopic (exact) mass is 269 g/mol. The molecule has 0 saturated carbocycles. The van der Waals surface area contributed by atoms with E-state index in [1.807, 2.05) is 6.92 Å². The summed E-state index contributed by atoms with van der Waals surface area (Å²) in [5.74, 6) is 0.440. The van der Waals surface area contributed by atoms with Crippen LogP contribution in [-0.4, -0.2) is 31.2 Å². The summed E-state index contributed by atoms with van der Waals surface area (Å²) in [5, 5.41) is 2.66. The van der Waals surface area contributed by atoms with Gasteiger partial charge in [0.15, 0.2) is 9.84 Å². The predicted molar refractivity (Wildman–Crippen MR) is 70.1 cm³/mol. The Kier molecular flexibility index (Phi) is 3.68. The molecule has 1 aliphatic heterocycles. The highest BCUT2D eigenvalue weighted by atomic mass is 32.2. The Morgan fingerprint density at radius 1 is 1.39 bits per heavy atom. The molecule has 0 saturated heterocycles. The van der Waals surface area contributed by atoms with Gasteiger partial charge < -0.3 is 5.32 Å². The number of fused-ring (bicyclic) bond motifs is 1. The van der Waals surface area contributed by atoms with Crippen LogP contribution in [-0.2, 0) is 29.2 Å². The van der Waals surface area contributed by atoms with Crippen molar-refractivity contribution in [2.75, 3.05) is 12.8 Å². The van der Waals surface area contributed by atoms with Crippen LogP contribution < -0.4 is 5.32 Å². The third-order valence-corrected chi connectivity index (χ3v) is 4.87. The fraction of sp³-hybridized carbons (Fsp3) is 0.667. The molecular weight excluding hydrogens is 250 g/mol. The maximum Gasteiger partial charge on any atom is 0.157 e. The van der Waals surface area contributed by atoms with Crippen LogP contribution in [0.5, 0.6) is 0 Å². The second kappa shape index (κ2) is 4.93. The molecule has 100 valence electrons. The van der Waals surface area contributed by atoms with Crippen molar-refractivity contribution in [3.8, 4) is 0 Å². The number of nitrogens with one attached hydrogen (secondary N) is 1. The normalized spacial score (nSPS) is 17.3. The second-order valence-electron chi connectivity index (χ2n) is 4.71. The van der Waals surface area contributed by atoms with E-state index in [0.29, 0.717) is 5.82 Å². The van der Waals surface area contributed by atoms with Crippen LogP contribution in [0.15, 0.2) is 0 Å². The number of hydrogen-bond acceptors (Lipinski definition) is 5. The minimum atomic E-state index is -3.15. The van der Waals surface area contributed by atoms with Gasteiger partial charge in [0.2, 0.25) is 0 Å². The average molecular weight is 269 g/mol. The lowest BCUT2D eigenvalue weighted by atomic mass is 10.0. The van der Waals surface area contributed by atoms with Crippen LogP contribution in [0.3, 0.4) is 0 Å². The lowest BCUT2D eigenvalue weighted by molar-refractivity contribution is 0.582. The molecule has 0 bridgehead atoms. The molecular formula is C12H19N3O2S. The highest BCUT2D eigenvalue weighted by molar-refractivity contribution is 7.90. The van der Waals surface area contributed by atoms with E-state index >= 15 is 0 Å². The Morgan fingerprint density at radius 3 is 2.72 bits per heavy atom. The summed E-state index contributed by atoms with van der Waals surface area (Å²) in [6, 6.07) is 0. The lowest BCUT2D eigenvalue weighted by Gasteiger charge is -2.20. The van der Waals surface area contributed by atoms with Crippen molar-refractivity contribution in [3.05, 3.63) is 22.8 Å². The van der Waals surface area contributed by atoms with Gasteiger partial charge in [-0.25, -0.2) is 18.4 Å². The van der Waals surface area contributed by atoms with E-state index in [1.54, 1.807) is 6.92 Å². The second-order valence-corrected chi connectivity index (χ2v) is 7.07. The number of aromatic nitrogens is 2. The van der Waals surface area contributed by atoms with E-state index in [1.165, 1.54) is 6.26 Å². The molecule has 0 aliphatic carbocycles. The van der Waals surface area contributed by atoms with Crippen molar-refractivity contribution in [3.63, 3.8) is 0 Å². The summed E-state index contributed by atoms with van der Waals surface area (Å²) in [7, 11) is -3.15. The molecule has 0 radical (unpaired) electrons. The molecule has 1 aliphatic rings. The highest BCUT2D eigenvalue weighted by Gasteiger charge is 2.24. The molecule has 0 fully saturated rings. The fourth-order valence-electron chi connectivity index (χ4n) is 2.10. The Hall–Kier alpha value is -1.01. The third-order valence-electron chi connectivity index (χ3n) is 3.38. The van der Waals surface area contributed by atoms with E-state index in [4.69, 9.17) is 0 Å². The molecule has 2 heterocycles. The minimum Gasteiger partial charge on any atom is -0.312 e. The molecule has 0 spiro atoms. The third kappa shape index (κ3) is 2.54. The number of rotatable bonds is 3. The smallest absolute Gasteiger partial charge is 0.157 e. The Bertz CT molecular complexity index is 537. The molecule has 1 atom stereocenters. The molecule has 0 aromatic carbocycles. The van der Waals surface area contributed by atoms with Gasteiger partial charge in [-0.15, -0.1) is 0 Å². The summed E-state index contributed by atoms with van der Waals surface area (Å²) in [5.41, 5.74) is 3.12. The van der Waals surface area contributed by atoms with Crippen LogP contribution in [0.1, 0.15) is 41.9 Å². The van der Waals surface area contributed by atoms with Crippen molar-refractivity contribution in [2.24, 2.45) is 0 Å². The molecule has 2 rings (SSSR count). The fourth-order valence-corrected chi connectivity index (χ4v) is 2.59. The van der Waals surface area contributed by atoms with Gasteiger partial charge in [-0.2, -0.15) is 0 Å². The van der Waals surface area contributed by atoms with Gasteiger partial charge in [0.05, 0.1) is 5.69 Å². The Labute approximate surface area is 108 Å². The van der Waals surface area contributed by atoms with E-state index in [2.05, 4.69) is 15.3 Å². The van der Waals surface area contributed by atoms with E-state index in [9.17, 15) is 8.42 Å². The van der Waals surface area contributed by atoms with Gasteiger partial charge in [-0.05, 0) is 13.3 Å². The molecule has 1 aromatic heterocycles. The number of aryl methyl sites for hydroxylation is 1. The first-order valence-electron chi connectivity index (χ1n) is 6.21. The summed E-state index contributed by atoms with van der Waals surface area (Å²) in [4.78, 5) is 8.90. The number of hydrogen-bond donors (Lipinski definition) is 1. The van der Waals surface area contributed by atoms with Crippen LogP contribution >= 0.6 is 0 Å². The molecule has 5 nitrogen and oxygen atoms in total. The highest BCUT2D eigenvalue weighted by Crippen LogP contribution is 2.22. The Morgan fingerprint density at radius 2 is 2.11 bits per heavy atom. The van der Waals surface area contributed by atoms with Crippen molar-refractivity contribution < 1.29 is 8.42 Å². The van der Waals surface area contributed by atoms with Crippen LogP contribution in [0.25, 0.3) is 0 Å². The first-order chi connectivity index (χ1) is 8.43. The van der Waals surface area contributed by atoms with Gasteiger partial charge >= 0.3 is 0 Å². The summed E-state index contributed by atoms with van der Waals surface area (Å²) in [6.07, 6.45) is 2.87. The quantitative estimate of drug-likeness (QED) is 0.878. The number of sulfone groups is 1. The summed E-state index contributed by atoms with van der Waals surface area (Å²) < 4.78 is 23.2. The van der Waals surface area contributed by atoms with Gasteiger partial charge in [-0.3, -0.25) is 0 Å².